The SMILES string of the molecule is OCC[NH+](CCO)C[C@H](O)COc1ccc2c(c1)OCO2. The average molecular weight is 300 g/mol. The maximum atomic E-state index is 9.96. The predicted octanol–water partition coefficient (Wildman–Crippen LogP) is -1.98. The van der Waals surface area contributed by atoms with Crippen LogP contribution in [0.4, 0.5) is 0 Å². The molecule has 0 radical (unpaired) electrons. The highest BCUT2D eigenvalue weighted by Gasteiger charge is 2.17. The summed E-state index contributed by atoms with van der Waals surface area (Å²) < 4.78 is 16.0. The van der Waals surface area contributed by atoms with Gasteiger partial charge in [0.1, 0.15) is 38.1 Å². The normalized spacial score (nSPS) is 14.5. The first kappa shape index (κ1) is 15.8. The number of aliphatic hydroxyl groups excluding tert-OH is 3. The van der Waals surface area contributed by atoms with Crippen LogP contribution in [0.25, 0.3) is 0 Å². The van der Waals surface area contributed by atoms with E-state index in [9.17, 15) is 5.11 Å². The van der Waals surface area contributed by atoms with Gasteiger partial charge in [0.15, 0.2) is 11.5 Å². The van der Waals surface area contributed by atoms with E-state index >= 15 is 0 Å². The van der Waals surface area contributed by atoms with E-state index < -0.39 is 6.10 Å². The standard InChI is InChI=1S/C14H21NO6/c16-5-3-15(4-6-17)8-11(18)9-19-12-1-2-13-14(7-12)21-10-20-13/h1-2,7,11,16-18H,3-6,8-10H2/p+1/t11-/m0/s1. The molecule has 1 aromatic carbocycles. The number of aliphatic hydroxyl groups is 3. The van der Waals surface area contributed by atoms with Crippen molar-refractivity contribution in [3.63, 3.8) is 0 Å². The van der Waals surface area contributed by atoms with Crippen molar-refractivity contribution in [2.75, 3.05) is 46.2 Å². The Balaban J connectivity index is 1.79. The van der Waals surface area contributed by atoms with E-state index in [4.69, 9.17) is 24.4 Å². The number of hydrogen-bond acceptors (Lipinski definition) is 6. The van der Waals surface area contributed by atoms with Gasteiger partial charge < -0.3 is 34.4 Å². The summed E-state index contributed by atoms with van der Waals surface area (Å²) in [6.07, 6.45) is -0.677. The van der Waals surface area contributed by atoms with E-state index in [1.54, 1.807) is 18.2 Å². The van der Waals surface area contributed by atoms with Crippen molar-refractivity contribution >= 4 is 0 Å². The molecule has 0 fully saturated rings. The van der Waals surface area contributed by atoms with E-state index in [1.807, 2.05) is 0 Å². The van der Waals surface area contributed by atoms with E-state index in [0.29, 0.717) is 36.9 Å². The smallest absolute Gasteiger partial charge is 0.231 e. The van der Waals surface area contributed by atoms with Crippen molar-refractivity contribution in [3.05, 3.63) is 18.2 Å². The molecule has 7 nitrogen and oxygen atoms in total. The Hall–Kier alpha value is -1.54. The molecule has 1 aromatic rings. The molecule has 0 aromatic heterocycles. The molecule has 21 heavy (non-hydrogen) atoms. The van der Waals surface area contributed by atoms with Crippen molar-refractivity contribution in [3.8, 4) is 17.2 Å². The number of benzene rings is 1. The quantitative estimate of drug-likeness (QED) is 0.423. The highest BCUT2D eigenvalue weighted by molar-refractivity contribution is 5.46. The summed E-state index contributed by atoms with van der Waals surface area (Å²) in [5.41, 5.74) is 0. The van der Waals surface area contributed by atoms with Gasteiger partial charge in [0, 0.05) is 6.07 Å². The van der Waals surface area contributed by atoms with Gasteiger partial charge in [0.2, 0.25) is 6.79 Å². The van der Waals surface area contributed by atoms with Crippen LogP contribution in [0.3, 0.4) is 0 Å². The molecule has 7 heteroatoms. The van der Waals surface area contributed by atoms with Crippen LogP contribution in [0.1, 0.15) is 0 Å². The summed E-state index contributed by atoms with van der Waals surface area (Å²) in [7, 11) is 0. The molecular weight excluding hydrogens is 278 g/mol. The van der Waals surface area contributed by atoms with Crippen molar-refractivity contribution in [1.82, 2.24) is 0 Å². The molecule has 118 valence electrons. The van der Waals surface area contributed by atoms with Gasteiger partial charge in [-0.1, -0.05) is 0 Å². The molecule has 4 N–H and O–H groups in total. The lowest BCUT2D eigenvalue weighted by Gasteiger charge is -2.21. The number of quaternary nitrogens is 1. The molecule has 1 heterocycles. The number of ether oxygens (including phenoxy) is 3. The summed E-state index contributed by atoms with van der Waals surface area (Å²) in [6, 6.07) is 5.24. The molecule has 0 saturated carbocycles. The summed E-state index contributed by atoms with van der Waals surface area (Å²) >= 11 is 0. The minimum atomic E-state index is -0.677. The van der Waals surface area contributed by atoms with E-state index in [2.05, 4.69) is 0 Å². The lowest BCUT2D eigenvalue weighted by Crippen LogP contribution is -3.14. The van der Waals surface area contributed by atoms with Gasteiger partial charge in [-0.15, -0.1) is 0 Å². The first-order chi connectivity index (χ1) is 10.2. The molecule has 1 aliphatic rings. The first-order valence-electron chi connectivity index (χ1n) is 6.98. The van der Waals surface area contributed by atoms with Crippen molar-refractivity contribution in [2.45, 2.75) is 6.10 Å². The zero-order valence-electron chi connectivity index (χ0n) is 11.8. The van der Waals surface area contributed by atoms with Crippen LogP contribution in [0, 0.1) is 0 Å². The van der Waals surface area contributed by atoms with Crippen LogP contribution < -0.4 is 19.1 Å². The largest absolute Gasteiger partial charge is 0.491 e. The summed E-state index contributed by atoms with van der Waals surface area (Å²) in [4.78, 5) is 0.932. The third-order valence-corrected chi connectivity index (χ3v) is 3.24. The van der Waals surface area contributed by atoms with Gasteiger partial charge in [-0.2, -0.15) is 0 Å². The number of hydrogen-bond donors (Lipinski definition) is 4. The molecule has 0 bridgehead atoms. The van der Waals surface area contributed by atoms with Gasteiger partial charge in [-0.05, 0) is 12.1 Å². The lowest BCUT2D eigenvalue weighted by molar-refractivity contribution is -0.903. The fraction of sp³-hybridized carbons (Fsp3) is 0.571. The summed E-state index contributed by atoms with van der Waals surface area (Å²) in [5.74, 6) is 1.92. The average Bonchev–Trinajstić information content (AvgIpc) is 2.93. The molecule has 2 rings (SSSR count). The van der Waals surface area contributed by atoms with Crippen molar-refractivity contribution in [1.29, 1.82) is 0 Å². The molecular formula is C14H22NO6+. The monoisotopic (exact) mass is 300 g/mol. The van der Waals surface area contributed by atoms with Gasteiger partial charge in [-0.3, -0.25) is 0 Å². The van der Waals surface area contributed by atoms with Gasteiger partial charge in [0.25, 0.3) is 0 Å². The fourth-order valence-electron chi connectivity index (χ4n) is 2.20. The van der Waals surface area contributed by atoms with Crippen LogP contribution in [0.2, 0.25) is 0 Å². The molecule has 0 aliphatic carbocycles. The molecule has 1 atom stereocenters. The lowest BCUT2D eigenvalue weighted by atomic mass is 10.3. The maximum Gasteiger partial charge on any atom is 0.231 e. The summed E-state index contributed by atoms with van der Waals surface area (Å²) in [5, 5.41) is 27.8. The van der Waals surface area contributed by atoms with Gasteiger partial charge >= 0.3 is 0 Å². The minimum absolute atomic E-state index is 0.0189. The zero-order valence-corrected chi connectivity index (χ0v) is 11.8. The van der Waals surface area contributed by atoms with Crippen molar-refractivity contribution < 1.29 is 34.4 Å². The van der Waals surface area contributed by atoms with Crippen LogP contribution in [0.5, 0.6) is 17.2 Å². The Morgan fingerprint density at radius 1 is 1.14 bits per heavy atom. The second kappa shape index (κ2) is 8.04. The summed E-state index contributed by atoms with van der Waals surface area (Å²) in [6.45, 7) is 1.77. The molecule has 0 saturated heterocycles. The maximum absolute atomic E-state index is 9.96. The predicted molar refractivity (Wildman–Crippen MR) is 73.8 cm³/mol. The Labute approximate surface area is 123 Å². The van der Waals surface area contributed by atoms with Gasteiger partial charge in [-0.25, -0.2) is 0 Å². The highest BCUT2D eigenvalue weighted by Crippen LogP contribution is 2.35. The second-order valence-electron chi connectivity index (χ2n) is 4.88. The van der Waals surface area contributed by atoms with Crippen molar-refractivity contribution in [2.24, 2.45) is 0 Å². The Morgan fingerprint density at radius 3 is 2.57 bits per heavy atom. The third-order valence-electron chi connectivity index (χ3n) is 3.24. The van der Waals surface area contributed by atoms with E-state index in [0.717, 1.165) is 4.90 Å². The Morgan fingerprint density at radius 2 is 1.86 bits per heavy atom. The van der Waals surface area contributed by atoms with Gasteiger partial charge in [0.05, 0.1) is 13.2 Å². The van der Waals surface area contributed by atoms with Crippen LogP contribution in [-0.4, -0.2) is 67.7 Å². The number of fused-ring (bicyclic) bond motifs is 1. The molecule has 0 spiro atoms. The molecule has 1 aliphatic heterocycles. The highest BCUT2D eigenvalue weighted by atomic mass is 16.7. The number of rotatable bonds is 9. The first-order valence-corrected chi connectivity index (χ1v) is 6.98. The van der Waals surface area contributed by atoms with Crippen LogP contribution in [0.15, 0.2) is 18.2 Å². The van der Waals surface area contributed by atoms with Crippen LogP contribution in [-0.2, 0) is 0 Å². The van der Waals surface area contributed by atoms with Crippen LogP contribution >= 0.6 is 0 Å². The molecule has 0 amide bonds. The van der Waals surface area contributed by atoms with E-state index in [1.165, 1.54) is 0 Å². The third kappa shape index (κ3) is 4.75. The van der Waals surface area contributed by atoms with E-state index in [-0.39, 0.29) is 26.6 Å². The second-order valence-corrected chi connectivity index (χ2v) is 4.88. The Kier molecular flexibility index (Phi) is 6.06. The zero-order chi connectivity index (χ0) is 15.1. The fourth-order valence-corrected chi connectivity index (χ4v) is 2.20. The minimum Gasteiger partial charge on any atom is -0.491 e. The number of nitrogens with one attached hydrogen (secondary N) is 1. The Bertz CT molecular complexity index is 435. The molecule has 0 unspecified atom stereocenters. The topological polar surface area (TPSA) is 92.8 Å².